The van der Waals surface area contributed by atoms with Gasteiger partial charge in [-0.25, -0.2) is 10.2 Å². The van der Waals surface area contributed by atoms with E-state index in [4.69, 9.17) is 23.4 Å². The third-order valence-corrected chi connectivity index (χ3v) is 6.20. The first kappa shape index (κ1) is 30.0. The first-order chi connectivity index (χ1) is 20.3. The fraction of sp³-hybridized carbons (Fsp3) is 0.281. The second kappa shape index (κ2) is 14.1. The number of carbonyl (C=O) groups is 2. The summed E-state index contributed by atoms with van der Waals surface area (Å²) in [6.45, 7) is 10.1. The molecule has 1 atom stereocenters. The third-order valence-electron chi connectivity index (χ3n) is 6.20. The van der Waals surface area contributed by atoms with Gasteiger partial charge in [-0.3, -0.25) is 4.79 Å². The largest absolute Gasteiger partial charge is 0.490 e. The molecule has 0 fully saturated rings. The summed E-state index contributed by atoms with van der Waals surface area (Å²) in [6, 6.07) is 20.3. The van der Waals surface area contributed by atoms with Crippen molar-refractivity contribution in [3.8, 4) is 22.9 Å². The summed E-state index contributed by atoms with van der Waals surface area (Å²) >= 11 is 0. The van der Waals surface area contributed by atoms with Gasteiger partial charge < -0.3 is 27.9 Å². The van der Waals surface area contributed by atoms with Crippen molar-refractivity contribution in [3.05, 3.63) is 95.2 Å². The molecule has 0 bridgehead atoms. The number of rotatable bonds is 13. The highest BCUT2D eigenvalue weighted by atomic mass is 16.6. The number of hydrogen-bond acceptors (Lipinski definition) is 8. The molecule has 1 amide bonds. The number of hydrogen-bond donors (Lipinski definition) is 1. The average Bonchev–Trinajstić information content (AvgIpc) is 3.59. The van der Waals surface area contributed by atoms with E-state index in [2.05, 4.69) is 41.1 Å². The van der Waals surface area contributed by atoms with Crippen LogP contribution in [0.2, 0.25) is 0 Å². The highest BCUT2D eigenvalue weighted by Crippen LogP contribution is 2.29. The highest BCUT2D eigenvalue weighted by Gasteiger charge is 2.18. The maximum Gasteiger partial charge on any atom is 0.347 e. The summed E-state index contributed by atoms with van der Waals surface area (Å²) in [5.41, 5.74) is 6.48. The van der Waals surface area contributed by atoms with Crippen molar-refractivity contribution < 1.29 is 33.0 Å². The number of aryl methyl sites for hydroxylation is 2. The molecule has 0 saturated carbocycles. The zero-order chi connectivity index (χ0) is 30.1. The van der Waals surface area contributed by atoms with Crippen LogP contribution in [0.5, 0.6) is 17.2 Å². The maximum atomic E-state index is 12.5. The van der Waals surface area contributed by atoms with E-state index in [1.165, 1.54) is 6.21 Å². The van der Waals surface area contributed by atoms with Gasteiger partial charge in [-0.15, -0.1) is 0 Å². The molecule has 0 aliphatic carbocycles. The lowest BCUT2D eigenvalue weighted by atomic mass is 10.2. The number of hydrazone groups is 1. The SMILES string of the molecule is CCOC(=O)[C@@H](C)Oc1ccc(/C=N/NC(=O)c2ccc(COc3ccc(-n4c(C)ccc4C)cc3)o2)cc1OCC. The molecular formula is C32H35N3O7. The molecule has 0 spiro atoms. The molecule has 1 N–H and O–H groups in total. The summed E-state index contributed by atoms with van der Waals surface area (Å²) in [5, 5.41) is 4.02. The van der Waals surface area contributed by atoms with Crippen molar-refractivity contribution in [1.29, 1.82) is 0 Å². The monoisotopic (exact) mass is 573 g/mol. The van der Waals surface area contributed by atoms with E-state index in [1.807, 2.05) is 31.2 Å². The normalized spacial score (nSPS) is 11.7. The van der Waals surface area contributed by atoms with Crippen molar-refractivity contribution in [2.24, 2.45) is 5.10 Å². The molecule has 0 unspecified atom stereocenters. The predicted octanol–water partition coefficient (Wildman–Crippen LogP) is 5.76. The van der Waals surface area contributed by atoms with Gasteiger partial charge in [0.2, 0.25) is 0 Å². The number of esters is 1. The lowest BCUT2D eigenvalue weighted by Gasteiger charge is -2.16. The molecule has 2 aromatic carbocycles. The van der Waals surface area contributed by atoms with Crippen LogP contribution < -0.4 is 19.6 Å². The van der Waals surface area contributed by atoms with Crippen molar-refractivity contribution >= 4 is 18.1 Å². The summed E-state index contributed by atoms with van der Waals surface area (Å²) < 4.78 is 30.0. The molecule has 0 radical (unpaired) electrons. The van der Waals surface area contributed by atoms with Gasteiger partial charge in [-0.2, -0.15) is 5.10 Å². The number of benzene rings is 2. The summed E-state index contributed by atoms with van der Waals surface area (Å²) in [7, 11) is 0. The van der Waals surface area contributed by atoms with Gasteiger partial charge >= 0.3 is 11.9 Å². The summed E-state index contributed by atoms with van der Waals surface area (Å²) in [6.07, 6.45) is 0.669. The van der Waals surface area contributed by atoms with E-state index in [1.54, 1.807) is 44.2 Å². The molecular weight excluding hydrogens is 538 g/mol. The van der Waals surface area contributed by atoms with Gasteiger partial charge in [0.25, 0.3) is 0 Å². The minimum atomic E-state index is -0.796. The topological polar surface area (TPSA) is 114 Å². The fourth-order valence-corrected chi connectivity index (χ4v) is 4.19. The number of furan rings is 1. The Hall–Kier alpha value is -4.99. The third kappa shape index (κ3) is 7.60. The van der Waals surface area contributed by atoms with Crippen LogP contribution in [0.3, 0.4) is 0 Å². The molecule has 10 nitrogen and oxygen atoms in total. The van der Waals surface area contributed by atoms with Crippen molar-refractivity contribution in [2.75, 3.05) is 13.2 Å². The van der Waals surface area contributed by atoms with Crippen LogP contribution >= 0.6 is 0 Å². The Labute approximate surface area is 244 Å². The molecule has 10 heteroatoms. The Balaban J connectivity index is 1.30. The van der Waals surface area contributed by atoms with Crippen LogP contribution in [0.15, 0.2) is 76.2 Å². The number of nitrogens with one attached hydrogen (secondary N) is 1. The molecule has 0 saturated heterocycles. The van der Waals surface area contributed by atoms with Crippen LogP contribution in [0.4, 0.5) is 0 Å². The summed E-state index contributed by atoms with van der Waals surface area (Å²) in [5.74, 6) is 1.15. The second-order valence-corrected chi connectivity index (χ2v) is 9.35. The van der Waals surface area contributed by atoms with E-state index < -0.39 is 18.0 Å². The van der Waals surface area contributed by atoms with E-state index in [-0.39, 0.29) is 19.0 Å². The minimum Gasteiger partial charge on any atom is -0.490 e. The van der Waals surface area contributed by atoms with E-state index in [0.717, 1.165) is 17.1 Å². The number of aromatic nitrogens is 1. The maximum absolute atomic E-state index is 12.5. The molecule has 4 aromatic rings. The quantitative estimate of drug-likeness (QED) is 0.123. The van der Waals surface area contributed by atoms with Gasteiger partial charge in [0.15, 0.2) is 23.4 Å². The fourth-order valence-electron chi connectivity index (χ4n) is 4.19. The van der Waals surface area contributed by atoms with E-state index in [0.29, 0.717) is 35.2 Å². The van der Waals surface area contributed by atoms with Gasteiger partial charge in [0.1, 0.15) is 18.1 Å². The minimum absolute atomic E-state index is 0.103. The molecule has 0 aliphatic rings. The van der Waals surface area contributed by atoms with Crippen LogP contribution in [0.25, 0.3) is 5.69 Å². The van der Waals surface area contributed by atoms with Crippen molar-refractivity contribution in [1.82, 2.24) is 9.99 Å². The standard InChI is InChI=1S/C32H35N3O7/c1-6-38-30-18-24(10-16-28(30)41-23(5)32(37)39-7-2)19-33-34-31(36)29-17-15-27(42-29)20-40-26-13-11-25(12-14-26)35-21(3)8-9-22(35)4/h8-19,23H,6-7,20H2,1-5H3,(H,34,36)/b33-19+/t23-/m1/s1. The molecule has 220 valence electrons. The lowest BCUT2D eigenvalue weighted by molar-refractivity contribution is -0.150. The number of ether oxygens (including phenoxy) is 4. The zero-order valence-corrected chi connectivity index (χ0v) is 24.4. The van der Waals surface area contributed by atoms with E-state index >= 15 is 0 Å². The molecule has 4 rings (SSSR count). The molecule has 0 aliphatic heterocycles. The van der Waals surface area contributed by atoms with Crippen LogP contribution in [-0.2, 0) is 16.1 Å². The predicted molar refractivity (Wildman–Crippen MR) is 158 cm³/mol. The highest BCUT2D eigenvalue weighted by molar-refractivity contribution is 5.92. The van der Waals surface area contributed by atoms with E-state index in [9.17, 15) is 9.59 Å². The van der Waals surface area contributed by atoms with Crippen LogP contribution in [0, 0.1) is 13.8 Å². The number of amides is 1. The van der Waals surface area contributed by atoms with Crippen LogP contribution in [-0.4, -0.2) is 42.0 Å². The zero-order valence-electron chi connectivity index (χ0n) is 24.4. The van der Waals surface area contributed by atoms with Crippen LogP contribution in [0.1, 0.15) is 54.0 Å². The van der Waals surface area contributed by atoms with Gasteiger partial charge in [0.05, 0.1) is 19.4 Å². The smallest absolute Gasteiger partial charge is 0.347 e. The molecule has 2 aromatic heterocycles. The molecule has 2 heterocycles. The number of nitrogens with zero attached hydrogens (tertiary/aromatic N) is 2. The first-order valence-corrected chi connectivity index (χ1v) is 13.7. The average molecular weight is 574 g/mol. The Morgan fingerprint density at radius 3 is 2.36 bits per heavy atom. The van der Waals surface area contributed by atoms with Crippen molar-refractivity contribution in [3.63, 3.8) is 0 Å². The first-order valence-electron chi connectivity index (χ1n) is 13.7. The van der Waals surface area contributed by atoms with Gasteiger partial charge in [-0.1, -0.05) is 0 Å². The van der Waals surface area contributed by atoms with Gasteiger partial charge in [0, 0.05) is 17.1 Å². The number of carbonyl (C=O) groups excluding carboxylic acids is 2. The lowest BCUT2D eigenvalue weighted by Crippen LogP contribution is -2.26. The Morgan fingerprint density at radius 1 is 0.929 bits per heavy atom. The van der Waals surface area contributed by atoms with Crippen molar-refractivity contribution in [2.45, 2.75) is 47.3 Å². The Kier molecular flexibility index (Phi) is 10.0. The van der Waals surface area contributed by atoms with Gasteiger partial charge in [-0.05, 0) is 107 Å². The summed E-state index contributed by atoms with van der Waals surface area (Å²) in [4.78, 5) is 24.4. The Morgan fingerprint density at radius 2 is 1.67 bits per heavy atom. The second-order valence-electron chi connectivity index (χ2n) is 9.35. The molecule has 42 heavy (non-hydrogen) atoms. The Bertz CT molecular complexity index is 1520.